The van der Waals surface area contributed by atoms with Crippen molar-refractivity contribution in [1.29, 1.82) is 0 Å². The summed E-state index contributed by atoms with van der Waals surface area (Å²) in [6.45, 7) is 0. The van der Waals surface area contributed by atoms with Crippen LogP contribution in [0.3, 0.4) is 0 Å². The van der Waals surface area contributed by atoms with Gasteiger partial charge in [0.2, 0.25) is 5.71 Å². The number of para-hydroxylation sites is 1. The molecule has 52 heavy (non-hydrogen) atoms. The van der Waals surface area contributed by atoms with Gasteiger partial charge in [-0.3, -0.25) is 0 Å². The summed E-state index contributed by atoms with van der Waals surface area (Å²) >= 11 is 0. The van der Waals surface area contributed by atoms with E-state index in [1.165, 1.54) is 21.5 Å². The minimum atomic E-state index is 0.567. The highest BCUT2D eigenvalue weighted by molar-refractivity contribution is 6.21. The van der Waals surface area contributed by atoms with E-state index < -0.39 is 0 Å². The molecule has 11 rings (SSSR count). The number of fused-ring (bicyclic) bond motifs is 9. The van der Waals surface area contributed by atoms with Gasteiger partial charge in [0.05, 0.1) is 16.7 Å². The molecular formula is C46H27N5O. The van der Waals surface area contributed by atoms with E-state index in [0.29, 0.717) is 23.2 Å². The Bertz CT molecular complexity index is 3200. The summed E-state index contributed by atoms with van der Waals surface area (Å²) in [6.07, 6.45) is 1.75. The molecule has 0 N–H and O–H groups in total. The molecule has 7 aromatic carbocycles. The summed E-state index contributed by atoms with van der Waals surface area (Å²) in [5, 5.41) is 9.14. The third-order valence-corrected chi connectivity index (χ3v) is 10.1. The molecule has 11 aromatic rings. The van der Waals surface area contributed by atoms with Crippen molar-refractivity contribution in [3.63, 3.8) is 0 Å². The van der Waals surface area contributed by atoms with Crippen molar-refractivity contribution in [2.75, 3.05) is 0 Å². The van der Waals surface area contributed by atoms with Crippen LogP contribution >= 0.6 is 0 Å². The number of aromatic nitrogens is 5. The summed E-state index contributed by atoms with van der Waals surface area (Å²) < 4.78 is 8.56. The summed E-state index contributed by atoms with van der Waals surface area (Å²) in [4.78, 5) is 19.7. The molecule has 0 saturated heterocycles. The van der Waals surface area contributed by atoms with E-state index in [9.17, 15) is 0 Å². The van der Waals surface area contributed by atoms with Gasteiger partial charge in [-0.25, -0.2) is 19.9 Å². The molecule has 0 fully saturated rings. The van der Waals surface area contributed by atoms with Crippen LogP contribution in [0.25, 0.3) is 105 Å². The molecule has 6 nitrogen and oxygen atoms in total. The van der Waals surface area contributed by atoms with E-state index in [-0.39, 0.29) is 0 Å². The maximum absolute atomic E-state index is 6.16. The van der Waals surface area contributed by atoms with Gasteiger partial charge < -0.3 is 8.98 Å². The van der Waals surface area contributed by atoms with Gasteiger partial charge in [-0.05, 0) is 64.7 Å². The molecule has 0 saturated carbocycles. The highest BCUT2D eigenvalue weighted by Gasteiger charge is 2.20. The smallest absolute Gasteiger partial charge is 0.227 e. The number of furan rings is 1. The minimum Gasteiger partial charge on any atom is -0.438 e. The Morgan fingerprint density at radius 3 is 1.98 bits per heavy atom. The second kappa shape index (κ2) is 11.2. The molecule has 0 aliphatic heterocycles. The van der Waals surface area contributed by atoms with Crippen molar-refractivity contribution < 1.29 is 4.42 Å². The normalized spacial score (nSPS) is 11.8. The molecule has 0 aliphatic carbocycles. The van der Waals surface area contributed by atoms with Gasteiger partial charge in [-0.2, -0.15) is 0 Å². The first kappa shape index (κ1) is 28.6. The lowest BCUT2D eigenvalue weighted by atomic mass is 10.0. The Balaban J connectivity index is 1.18. The maximum atomic E-state index is 6.16. The number of rotatable bonds is 4. The van der Waals surface area contributed by atoms with Gasteiger partial charge in [-0.15, -0.1) is 0 Å². The van der Waals surface area contributed by atoms with Crippen molar-refractivity contribution in [2.45, 2.75) is 0 Å². The van der Waals surface area contributed by atoms with Gasteiger partial charge in [-0.1, -0.05) is 109 Å². The number of pyridine rings is 1. The predicted molar refractivity (Wildman–Crippen MR) is 211 cm³/mol. The Kier molecular flexibility index (Phi) is 6.15. The lowest BCUT2D eigenvalue weighted by Gasteiger charge is -2.15. The lowest BCUT2D eigenvalue weighted by molar-refractivity contribution is 0.654. The molecule has 0 radical (unpaired) electrons. The summed E-state index contributed by atoms with van der Waals surface area (Å²) in [7, 11) is 0. The van der Waals surface area contributed by atoms with Crippen LogP contribution in [-0.2, 0) is 0 Å². The monoisotopic (exact) mass is 665 g/mol. The van der Waals surface area contributed by atoms with Crippen molar-refractivity contribution >= 4 is 65.4 Å². The van der Waals surface area contributed by atoms with E-state index in [1.807, 2.05) is 54.6 Å². The molecule has 0 unspecified atom stereocenters. The second-order valence-corrected chi connectivity index (χ2v) is 13.1. The van der Waals surface area contributed by atoms with E-state index >= 15 is 0 Å². The van der Waals surface area contributed by atoms with Crippen LogP contribution in [0.2, 0.25) is 0 Å². The zero-order valence-corrected chi connectivity index (χ0v) is 27.7. The van der Waals surface area contributed by atoms with Gasteiger partial charge >= 0.3 is 0 Å². The zero-order chi connectivity index (χ0) is 34.2. The number of benzene rings is 7. The number of hydrogen-bond donors (Lipinski definition) is 0. The average molecular weight is 666 g/mol. The number of nitrogens with zero attached hydrogens (tertiary/aromatic N) is 5. The van der Waals surface area contributed by atoms with Crippen LogP contribution in [0.15, 0.2) is 168 Å². The Hall–Kier alpha value is -7.18. The fourth-order valence-electron chi connectivity index (χ4n) is 7.70. The first-order valence-corrected chi connectivity index (χ1v) is 17.3. The molecule has 0 amide bonds. The predicted octanol–water partition coefficient (Wildman–Crippen LogP) is 11.6. The van der Waals surface area contributed by atoms with Crippen molar-refractivity contribution in [2.24, 2.45) is 0 Å². The highest BCUT2D eigenvalue weighted by Crippen LogP contribution is 2.40. The van der Waals surface area contributed by atoms with E-state index in [2.05, 4.69) is 113 Å². The van der Waals surface area contributed by atoms with Crippen LogP contribution < -0.4 is 0 Å². The topological polar surface area (TPSA) is 69.6 Å². The standard InChI is InChI=1S/C46H27N5O/c1-2-12-29(13-3-1)43-48-44(31-20-22-35-36-18-10-24-47-46(36)52-41(35)27-31)50-45(49-43)32-25-30-14-5-6-15-33(30)40(26-32)51-38-19-9-8-17-37(38)42-34-16-7-4-11-28(34)21-23-39(42)51/h1-27H. The van der Waals surface area contributed by atoms with Crippen molar-refractivity contribution in [3.8, 4) is 39.9 Å². The SMILES string of the molecule is c1ccc(-c2nc(-c3cc(-n4c5ccccc5c5c6ccccc6ccc54)c4ccccc4c3)nc(-c3ccc4c(c3)oc3ncccc34)n2)cc1. The largest absolute Gasteiger partial charge is 0.438 e. The quantitative estimate of drug-likeness (QED) is 0.187. The molecule has 0 spiro atoms. The fraction of sp³-hybridized carbons (Fsp3) is 0. The van der Waals surface area contributed by atoms with Crippen LogP contribution in [0.1, 0.15) is 0 Å². The first-order valence-electron chi connectivity index (χ1n) is 17.3. The molecule has 0 atom stereocenters. The van der Waals surface area contributed by atoms with Gasteiger partial charge in [0, 0.05) is 49.8 Å². The Morgan fingerprint density at radius 2 is 1.12 bits per heavy atom. The van der Waals surface area contributed by atoms with Gasteiger partial charge in [0.15, 0.2) is 17.5 Å². The molecule has 0 bridgehead atoms. The molecule has 242 valence electrons. The van der Waals surface area contributed by atoms with Crippen LogP contribution in [0.4, 0.5) is 0 Å². The summed E-state index contributed by atoms with van der Waals surface area (Å²) in [5.41, 5.74) is 7.35. The maximum Gasteiger partial charge on any atom is 0.227 e. The van der Waals surface area contributed by atoms with Crippen LogP contribution in [0, 0.1) is 0 Å². The minimum absolute atomic E-state index is 0.567. The average Bonchev–Trinajstić information content (AvgIpc) is 3.76. The van der Waals surface area contributed by atoms with Crippen LogP contribution in [-0.4, -0.2) is 24.5 Å². The molecule has 6 heteroatoms. The third kappa shape index (κ3) is 4.38. The lowest BCUT2D eigenvalue weighted by Crippen LogP contribution is -2.02. The zero-order valence-electron chi connectivity index (χ0n) is 27.7. The summed E-state index contributed by atoms with van der Waals surface area (Å²) in [5.74, 6) is 1.76. The van der Waals surface area contributed by atoms with Gasteiger partial charge in [0.1, 0.15) is 5.58 Å². The molecular weight excluding hydrogens is 639 g/mol. The molecule has 4 heterocycles. The Labute approximate surface area is 297 Å². The van der Waals surface area contributed by atoms with Crippen molar-refractivity contribution in [1.82, 2.24) is 24.5 Å². The van der Waals surface area contributed by atoms with E-state index in [0.717, 1.165) is 60.5 Å². The molecule has 4 aromatic heterocycles. The van der Waals surface area contributed by atoms with Crippen molar-refractivity contribution in [3.05, 3.63) is 164 Å². The third-order valence-electron chi connectivity index (χ3n) is 10.1. The Morgan fingerprint density at radius 1 is 0.423 bits per heavy atom. The van der Waals surface area contributed by atoms with E-state index in [1.54, 1.807) is 6.20 Å². The second-order valence-electron chi connectivity index (χ2n) is 13.1. The van der Waals surface area contributed by atoms with Crippen LogP contribution in [0.5, 0.6) is 0 Å². The molecule has 0 aliphatic rings. The number of hydrogen-bond acceptors (Lipinski definition) is 5. The first-order chi connectivity index (χ1) is 25.8. The van der Waals surface area contributed by atoms with Gasteiger partial charge in [0.25, 0.3) is 0 Å². The highest BCUT2D eigenvalue weighted by atomic mass is 16.3. The summed E-state index contributed by atoms with van der Waals surface area (Å²) in [6, 6.07) is 54.9. The fourth-order valence-corrected chi connectivity index (χ4v) is 7.70. The van der Waals surface area contributed by atoms with E-state index in [4.69, 9.17) is 19.4 Å².